The fourth-order valence-electron chi connectivity index (χ4n) is 2.08. The highest BCUT2D eigenvalue weighted by atomic mass is 19.1. The summed E-state index contributed by atoms with van der Waals surface area (Å²) >= 11 is 0. The average molecular weight is 286 g/mol. The number of hydrogen-bond acceptors (Lipinski definition) is 2. The van der Waals surface area contributed by atoms with Crippen LogP contribution in [-0.4, -0.2) is 16.9 Å². The number of benzene rings is 2. The number of carbonyl (C=O) groups is 2. The summed E-state index contributed by atoms with van der Waals surface area (Å²) in [6.07, 6.45) is 0.493. The van der Waals surface area contributed by atoms with E-state index in [-0.39, 0.29) is 24.4 Å². The minimum absolute atomic E-state index is 0.0185. The SMILES string of the molecule is O=C(O)CCCC(=O)c1cccc(-c2cccc(F)c2)c1. The molecule has 2 aromatic rings. The van der Waals surface area contributed by atoms with E-state index in [2.05, 4.69) is 0 Å². The Morgan fingerprint density at radius 2 is 1.62 bits per heavy atom. The van der Waals surface area contributed by atoms with E-state index in [1.807, 2.05) is 6.07 Å². The van der Waals surface area contributed by atoms with Gasteiger partial charge in [0.1, 0.15) is 5.82 Å². The number of carbonyl (C=O) groups excluding carboxylic acids is 1. The van der Waals surface area contributed by atoms with Gasteiger partial charge in [-0.1, -0.05) is 30.3 Å². The first-order valence-electron chi connectivity index (χ1n) is 6.67. The van der Waals surface area contributed by atoms with E-state index in [0.29, 0.717) is 17.5 Å². The van der Waals surface area contributed by atoms with Crippen LogP contribution in [-0.2, 0) is 4.79 Å². The van der Waals surface area contributed by atoms with Gasteiger partial charge < -0.3 is 5.11 Å². The van der Waals surface area contributed by atoms with E-state index in [0.717, 1.165) is 5.56 Å². The van der Waals surface area contributed by atoms with Gasteiger partial charge in [-0.2, -0.15) is 0 Å². The minimum atomic E-state index is -0.906. The van der Waals surface area contributed by atoms with Gasteiger partial charge in [0.05, 0.1) is 0 Å². The highest BCUT2D eigenvalue weighted by Crippen LogP contribution is 2.22. The Hall–Kier alpha value is -2.49. The molecular weight excluding hydrogens is 271 g/mol. The maximum Gasteiger partial charge on any atom is 0.303 e. The summed E-state index contributed by atoms with van der Waals surface area (Å²) in [7, 11) is 0. The molecule has 0 fully saturated rings. The number of Topliss-reactive ketones (excluding diaryl/α,β-unsaturated/α-hetero) is 1. The van der Waals surface area contributed by atoms with Crippen molar-refractivity contribution in [3.63, 3.8) is 0 Å². The van der Waals surface area contributed by atoms with Crippen LogP contribution in [0.15, 0.2) is 48.5 Å². The molecule has 2 rings (SSSR count). The van der Waals surface area contributed by atoms with Crippen molar-refractivity contribution in [2.75, 3.05) is 0 Å². The highest BCUT2D eigenvalue weighted by Gasteiger charge is 2.08. The third kappa shape index (κ3) is 4.24. The lowest BCUT2D eigenvalue weighted by molar-refractivity contribution is -0.137. The van der Waals surface area contributed by atoms with Crippen molar-refractivity contribution < 1.29 is 19.1 Å². The minimum Gasteiger partial charge on any atom is -0.481 e. The lowest BCUT2D eigenvalue weighted by Crippen LogP contribution is -2.02. The molecule has 0 bridgehead atoms. The normalized spacial score (nSPS) is 10.3. The molecule has 3 nitrogen and oxygen atoms in total. The third-order valence-electron chi connectivity index (χ3n) is 3.14. The van der Waals surface area contributed by atoms with Crippen LogP contribution in [0.25, 0.3) is 11.1 Å². The second-order valence-electron chi connectivity index (χ2n) is 4.76. The molecule has 2 aromatic carbocycles. The molecule has 0 radical (unpaired) electrons. The van der Waals surface area contributed by atoms with Gasteiger partial charge in [0, 0.05) is 18.4 Å². The predicted molar refractivity (Wildman–Crippen MR) is 77.7 cm³/mol. The van der Waals surface area contributed by atoms with Gasteiger partial charge in [0.2, 0.25) is 0 Å². The summed E-state index contributed by atoms with van der Waals surface area (Å²) < 4.78 is 13.2. The molecule has 0 atom stereocenters. The summed E-state index contributed by atoms with van der Waals surface area (Å²) in [4.78, 5) is 22.5. The summed E-state index contributed by atoms with van der Waals surface area (Å²) in [6.45, 7) is 0. The van der Waals surface area contributed by atoms with Crippen LogP contribution in [0.5, 0.6) is 0 Å². The Morgan fingerprint density at radius 3 is 2.29 bits per heavy atom. The lowest BCUT2D eigenvalue weighted by atomic mass is 9.99. The van der Waals surface area contributed by atoms with Gasteiger partial charge in [0.25, 0.3) is 0 Å². The number of carboxylic acid groups (broad SMARTS) is 1. The lowest BCUT2D eigenvalue weighted by Gasteiger charge is -2.05. The predicted octanol–water partition coefficient (Wildman–Crippen LogP) is 3.93. The Labute approximate surface area is 122 Å². The molecule has 0 aliphatic carbocycles. The number of carboxylic acids is 1. The Balaban J connectivity index is 2.14. The van der Waals surface area contributed by atoms with Gasteiger partial charge in [-0.05, 0) is 35.7 Å². The third-order valence-corrected chi connectivity index (χ3v) is 3.14. The first-order chi connectivity index (χ1) is 10.1. The van der Waals surface area contributed by atoms with E-state index in [9.17, 15) is 14.0 Å². The first kappa shape index (κ1) is 14.9. The van der Waals surface area contributed by atoms with Crippen molar-refractivity contribution >= 4 is 11.8 Å². The largest absolute Gasteiger partial charge is 0.481 e. The summed E-state index contributed by atoms with van der Waals surface area (Å²) in [5.74, 6) is -1.34. The quantitative estimate of drug-likeness (QED) is 0.818. The second-order valence-corrected chi connectivity index (χ2v) is 4.76. The molecular formula is C17H15FO3. The van der Waals surface area contributed by atoms with Crippen molar-refractivity contribution in [1.29, 1.82) is 0 Å². The Kier molecular flexibility index (Phi) is 4.82. The molecule has 0 aliphatic heterocycles. The highest BCUT2D eigenvalue weighted by molar-refractivity contribution is 5.97. The second kappa shape index (κ2) is 6.79. The molecule has 108 valence electrons. The first-order valence-corrected chi connectivity index (χ1v) is 6.67. The standard InChI is InChI=1S/C17H15FO3/c18-15-7-2-5-13(11-15)12-4-1-6-14(10-12)16(19)8-3-9-17(20)21/h1-2,4-7,10-11H,3,8-9H2,(H,20,21). The zero-order valence-electron chi connectivity index (χ0n) is 11.4. The number of hydrogen-bond donors (Lipinski definition) is 1. The number of halogens is 1. The molecule has 0 saturated heterocycles. The van der Waals surface area contributed by atoms with Crippen LogP contribution >= 0.6 is 0 Å². The molecule has 21 heavy (non-hydrogen) atoms. The zero-order valence-corrected chi connectivity index (χ0v) is 11.4. The molecule has 4 heteroatoms. The van der Waals surface area contributed by atoms with Crippen molar-refractivity contribution in [3.8, 4) is 11.1 Å². The topological polar surface area (TPSA) is 54.4 Å². The number of rotatable bonds is 6. The van der Waals surface area contributed by atoms with Gasteiger partial charge in [0.15, 0.2) is 5.78 Å². The fraction of sp³-hybridized carbons (Fsp3) is 0.176. The van der Waals surface area contributed by atoms with Crippen molar-refractivity contribution in [3.05, 3.63) is 59.9 Å². The molecule has 0 amide bonds. The van der Waals surface area contributed by atoms with E-state index in [1.165, 1.54) is 12.1 Å². The van der Waals surface area contributed by atoms with E-state index < -0.39 is 5.97 Å². The average Bonchev–Trinajstić information content (AvgIpc) is 2.47. The van der Waals surface area contributed by atoms with Crippen molar-refractivity contribution in [1.82, 2.24) is 0 Å². The molecule has 0 aliphatic rings. The number of ketones is 1. The van der Waals surface area contributed by atoms with Crippen molar-refractivity contribution in [2.24, 2.45) is 0 Å². The maximum absolute atomic E-state index is 13.2. The van der Waals surface area contributed by atoms with E-state index in [1.54, 1.807) is 30.3 Å². The maximum atomic E-state index is 13.2. The van der Waals surface area contributed by atoms with Gasteiger partial charge in [-0.3, -0.25) is 9.59 Å². The molecule has 0 saturated carbocycles. The molecule has 0 unspecified atom stereocenters. The van der Waals surface area contributed by atoms with Crippen LogP contribution in [0.4, 0.5) is 4.39 Å². The van der Waals surface area contributed by atoms with Crippen LogP contribution in [0, 0.1) is 5.82 Å². The van der Waals surface area contributed by atoms with Crippen molar-refractivity contribution in [2.45, 2.75) is 19.3 Å². The Morgan fingerprint density at radius 1 is 0.952 bits per heavy atom. The van der Waals surface area contributed by atoms with Gasteiger partial charge in [-0.25, -0.2) is 4.39 Å². The summed E-state index contributed by atoms with van der Waals surface area (Å²) in [5, 5.41) is 8.57. The molecule has 0 heterocycles. The molecule has 1 N–H and O–H groups in total. The zero-order chi connectivity index (χ0) is 15.2. The van der Waals surface area contributed by atoms with Crippen LogP contribution in [0.3, 0.4) is 0 Å². The van der Waals surface area contributed by atoms with E-state index >= 15 is 0 Å². The van der Waals surface area contributed by atoms with Gasteiger partial charge in [-0.15, -0.1) is 0 Å². The van der Waals surface area contributed by atoms with Crippen LogP contribution in [0.1, 0.15) is 29.6 Å². The number of aliphatic carboxylic acids is 1. The van der Waals surface area contributed by atoms with Crippen LogP contribution < -0.4 is 0 Å². The van der Waals surface area contributed by atoms with Crippen LogP contribution in [0.2, 0.25) is 0 Å². The van der Waals surface area contributed by atoms with E-state index in [4.69, 9.17) is 5.11 Å². The summed E-state index contributed by atoms with van der Waals surface area (Å²) in [6, 6.07) is 13.1. The molecule has 0 spiro atoms. The fourth-order valence-corrected chi connectivity index (χ4v) is 2.08. The molecule has 0 aromatic heterocycles. The Bertz CT molecular complexity index is 665. The smallest absolute Gasteiger partial charge is 0.303 e. The van der Waals surface area contributed by atoms with Gasteiger partial charge >= 0.3 is 5.97 Å². The summed E-state index contributed by atoms with van der Waals surface area (Å²) in [5.41, 5.74) is 1.98. The monoisotopic (exact) mass is 286 g/mol.